The molecule has 1 aromatic heterocycles. The molecule has 0 spiro atoms. The molecule has 3 rings (SSSR count). The third-order valence-corrected chi connectivity index (χ3v) is 2.98. The smallest absolute Gasteiger partial charge is 0.116 e. The van der Waals surface area contributed by atoms with Crippen LogP contribution in [0.4, 0.5) is 0 Å². The molecule has 0 fully saturated rings. The monoisotopic (exact) mass is 209 g/mol. The summed E-state index contributed by atoms with van der Waals surface area (Å²) < 4.78 is 1.82. The first-order valence-electron chi connectivity index (χ1n) is 5.34. The van der Waals surface area contributed by atoms with Gasteiger partial charge in [0.2, 0.25) is 0 Å². The van der Waals surface area contributed by atoms with Gasteiger partial charge in [-0.2, -0.15) is 0 Å². The van der Waals surface area contributed by atoms with Crippen LogP contribution >= 0.6 is 0 Å². The Morgan fingerprint density at radius 3 is 3.06 bits per heavy atom. The summed E-state index contributed by atoms with van der Waals surface area (Å²) in [5.41, 5.74) is 4.71. The Balaban J connectivity index is 2.16. The van der Waals surface area contributed by atoms with E-state index in [9.17, 15) is 0 Å². The molecule has 1 heterocycles. The zero-order valence-corrected chi connectivity index (χ0v) is 8.85. The van der Waals surface area contributed by atoms with E-state index in [1.165, 1.54) is 11.1 Å². The summed E-state index contributed by atoms with van der Waals surface area (Å²) >= 11 is 0. The molecule has 0 radical (unpaired) electrons. The van der Waals surface area contributed by atoms with Crippen LogP contribution in [-0.2, 0) is 19.4 Å². The molecule has 3 heteroatoms. The van der Waals surface area contributed by atoms with Gasteiger partial charge in [-0.15, -0.1) is 11.5 Å². The summed E-state index contributed by atoms with van der Waals surface area (Å²) in [6.45, 7) is 0.504. The lowest BCUT2D eigenvalue weighted by atomic mass is 9.92. The SMILES string of the molecule is C#CCn1nnc2c1CCc1ccccc1-2. The van der Waals surface area contributed by atoms with Crippen LogP contribution < -0.4 is 0 Å². The lowest BCUT2D eigenvalue weighted by Gasteiger charge is -2.15. The van der Waals surface area contributed by atoms with Crippen molar-refractivity contribution in [3.63, 3.8) is 0 Å². The summed E-state index contributed by atoms with van der Waals surface area (Å²) in [6, 6.07) is 8.35. The molecule has 0 aliphatic heterocycles. The van der Waals surface area contributed by atoms with Crippen molar-refractivity contribution in [2.24, 2.45) is 0 Å². The third-order valence-electron chi connectivity index (χ3n) is 2.98. The van der Waals surface area contributed by atoms with Crippen molar-refractivity contribution in [3.8, 4) is 23.6 Å². The first-order chi connectivity index (χ1) is 7.90. The topological polar surface area (TPSA) is 30.7 Å². The highest BCUT2D eigenvalue weighted by molar-refractivity contribution is 5.67. The normalized spacial score (nSPS) is 12.7. The van der Waals surface area contributed by atoms with E-state index in [1.54, 1.807) is 0 Å². The second-order valence-corrected chi connectivity index (χ2v) is 3.90. The van der Waals surface area contributed by atoms with E-state index in [2.05, 4.69) is 34.4 Å². The van der Waals surface area contributed by atoms with Gasteiger partial charge in [0.25, 0.3) is 0 Å². The quantitative estimate of drug-likeness (QED) is 0.669. The molecule has 0 N–H and O–H groups in total. The standard InChI is InChI=1S/C13H11N3/c1-2-9-16-12-8-7-10-5-3-4-6-11(10)13(12)14-15-16/h1,3-6H,7-9H2. The van der Waals surface area contributed by atoms with Crippen LogP contribution in [0.2, 0.25) is 0 Å². The van der Waals surface area contributed by atoms with Gasteiger partial charge < -0.3 is 0 Å². The third kappa shape index (κ3) is 1.24. The van der Waals surface area contributed by atoms with E-state index < -0.39 is 0 Å². The number of aryl methyl sites for hydroxylation is 1. The highest BCUT2D eigenvalue weighted by atomic mass is 15.4. The largest absolute Gasteiger partial charge is 0.237 e. The van der Waals surface area contributed by atoms with Crippen molar-refractivity contribution in [2.45, 2.75) is 19.4 Å². The number of hydrogen-bond acceptors (Lipinski definition) is 2. The molecule has 0 saturated carbocycles. The first-order valence-corrected chi connectivity index (χ1v) is 5.34. The number of nitrogens with zero attached hydrogens (tertiary/aromatic N) is 3. The van der Waals surface area contributed by atoms with Crippen molar-refractivity contribution in [3.05, 3.63) is 35.5 Å². The van der Waals surface area contributed by atoms with Crippen molar-refractivity contribution in [1.82, 2.24) is 15.0 Å². The second kappa shape index (κ2) is 3.49. The van der Waals surface area contributed by atoms with E-state index >= 15 is 0 Å². The van der Waals surface area contributed by atoms with Crippen molar-refractivity contribution >= 4 is 0 Å². The Kier molecular flexibility index (Phi) is 2.00. The molecule has 0 atom stereocenters. The summed E-state index contributed by atoms with van der Waals surface area (Å²) in [5.74, 6) is 2.60. The minimum Gasteiger partial charge on any atom is -0.237 e. The van der Waals surface area contributed by atoms with Crippen LogP contribution in [0.3, 0.4) is 0 Å². The Bertz CT molecular complexity index is 575. The average Bonchev–Trinajstić information content (AvgIpc) is 2.73. The van der Waals surface area contributed by atoms with E-state index in [1.807, 2.05) is 10.7 Å². The van der Waals surface area contributed by atoms with Crippen LogP contribution in [0, 0.1) is 12.3 Å². The maximum Gasteiger partial charge on any atom is 0.116 e. The van der Waals surface area contributed by atoms with Gasteiger partial charge in [0.15, 0.2) is 0 Å². The lowest BCUT2D eigenvalue weighted by molar-refractivity contribution is 0.635. The number of terminal acetylenes is 1. The second-order valence-electron chi connectivity index (χ2n) is 3.90. The predicted molar refractivity (Wildman–Crippen MR) is 61.7 cm³/mol. The minimum atomic E-state index is 0.504. The number of aromatic nitrogens is 3. The fraction of sp³-hybridized carbons (Fsp3) is 0.231. The molecule has 1 aromatic carbocycles. The molecule has 78 valence electrons. The molecule has 2 aromatic rings. The van der Waals surface area contributed by atoms with E-state index in [0.717, 1.165) is 24.2 Å². The predicted octanol–water partition coefficient (Wildman–Crippen LogP) is 1.68. The Hall–Kier alpha value is -2.08. The fourth-order valence-electron chi connectivity index (χ4n) is 2.23. The van der Waals surface area contributed by atoms with Gasteiger partial charge in [-0.3, -0.25) is 0 Å². The Morgan fingerprint density at radius 1 is 1.31 bits per heavy atom. The number of benzene rings is 1. The van der Waals surface area contributed by atoms with E-state index in [-0.39, 0.29) is 0 Å². The molecule has 0 unspecified atom stereocenters. The van der Waals surface area contributed by atoms with Gasteiger partial charge >= 0.3 is 0 Å². The van der Waals surface area contributed by atoms with Gasteiger partial charge in [-0.1, -0.05) is 35.4 Å². The van der Waals surface area contributed by atoms with Gasteiger partial charge in [-0.05, 0) is 18.4 Å². The molecule has 0 saturated heterocycles. The van der Waals surface area contributed by atoms with Gasteiger partial charge in [0.05, 0.1) is 5.69 Å². The molecule has 1 aliphatic carbocycles. The highest BCUT2D eigenvalue weighted by Gasteiger charge is 2.21. The summed E-state index contributed by atoms with van der Waals surface area (Å²) in [4.78, 5) is 0. The molecule has 0 bridgehead atoms. The lowest BCUT2D eigenvalue weighted by Crippen LogP contribution is -2.09. The van der Waals surface area contributed by atoms with Crippen molar-refractivity contribution in [2.75, 3.05) is 0 Å². The molecular weight excluding hydrogens is 198 g/mol. The average molecular weight is 209 g/mol. The molecule has 16 heavy (non-hydrogen) atoms. The van der Waals surface area contributed by atoms with Crippen LogP contribution in [0.25, 0.3) is 11.3 Å². The highest BCUT2D eigenvalue weighted by Crippen LogP contribution is 2.31. The van der Waals surface area contributed by atoms with Crippen LogP contribution in [0.15, 0.2) is 24.3 Å². The number of hydrogen-bond donors (Lipinski definition) is 0. The molecule has 3 nitrogen and oxygen atoms in total. The Labute approximate surface area is 94.1 Å². The Morgan fingerprint density at radius 2 is 2.19 bits per heavy atom. The summed E-state index contributed by atoms with van der Waals surface area (Å²) in [6.07, 6.45) is 7.32. The van der Waals surface area contributed by atoms with Gasteiger partial charge in [0, 0.05) is 5.56 Å². The number of rotatable bonds is 1. The van der Waals surface area contributed by atoms with Crippen molar-refractivity contribution < 1.29 is 0 Å². The van der Waals surface area contributed by atoms with Gasteiger partial charge in [-0.25, -0.2) is 4.68 Å². The van der Waals surface area contributed by atoms with Crippen LogP contribution in [0.1, 0.15) is 11.3 Å². The van der Waals surface area contributed by atoms with E-state index in [4.69, 9.17) is 6.42 Å². The number of fused-ring (bicyclic) bond motifs is 3. The minimum absolute atomic E-state index is 0.504. The van der Waals surface area contributed by atoms with Crippen LogP contribution in [-0.4, -0.2) is 15.0 Å². The fourth-order valence-corrected chi connectivity index (χ4v) is 2.23. The summed E-state index contributed by atoms with van der Waals surface area (Å²) in [7, 11) is 0. The first kappa shape index (κ1) is 9.17. The molecular formula is C13H11N3. The van der Waals surface area contributed by atoms with Gasteiger partial charge in [0.1, 0.15) is 12.2 Å². The zero-order chi connectivity index (χ0) is 11.0. The van der Waals surface area contributed by atoms with Crippen LogP contribution in [0.5, 0.6) is 0 Å². The zero-order valence-electron chi connectivity index (χ0n) is 8.85. The molecule has 0 amide bonds. The maximum atomic E-state index is 5.31. The summed E-state index contributed by atoms with van der Waals surface area (Å²) in [5, 5.41) is 8.34. The maximum absolute atomic E-state index is 5.31. The molecule has 1 aliphatic rings. The van der Waals surface area contributed by atoms with E-state index in [0.29, 0.717) is 6.54 Å². The van der Waals surface area contributed by atoms with Crippen molar-refractivity contribution in [1.29, 1.82) is 0 Å².